The first-order valence-corrected chi connectivity index (χ1v) is 12.9. The van der Waals surface area contributed by atoms with Gasteiger partial charge in [0.1, 0.15) is 28.3 Å². The molecule has 0 radical (unpaired) electrons. The summed E-state index contributed by atoms with van der Waals surface area (Å²) in [5, 5.41) is 2.98. The number of benzene rings is 2. The molecule has 1 saturated carbocycles. The summed E-state index contributed by atoms with van der Waals surface area (Å²) in [6.07, 6.45) is 3.42. The number of fused-ring (bicyclic) bond motifs is 2. The van der Waals surface area contributed by atoms with E-state index in [-0.39, 0.29) is 30.5 Å². The summed E-state index contributed by atoms with van der Waals surface area (Å²) in [5.74, 6) is 1.39. The summed E-state index contributed by atoms with van der Waals surface area (Å²) >= 11 is 1.00. The number of nitrogens with one attached hydrogen (secondary N) is 1. The minimum atomic E-state index is -3.78. The van der Waals surface area contributed by atoms with Gasteiger partial charge in [-0.25, -0.2) is 8.42 Å². The van der Waals surface area contributed by atoms with Crippen LogP contribution in [0, 0.1) is 5.92 Å². The van der Waals surface area contributed by atoms with E-state index in [0.717, 1.165) is 29.4 Å². The van der Waals surface area contributed by atoms with E-state index in [2.05, 4.69) is 14.1 Å². The van der Waals surface area contributed by atoms with Crippen LogP contribution in [0.2, 0.25) is 0 Å². The zero-order valence-electron chi connectivity index (χ0n) is 17.5. The molecule has 1 amide bonds. The number of ether oxygens (including phenoxy) is 1. The molecule has 2 heterocycles. The number of aromatic nitrogens is 2. The highest BCUT2D eigenvalue weighted by Crippen LogP contribution is 2.30. The lowest BCUT2D eigenvalue weighted by molar-refractivity contribution is -0.121. The van der Waals surface area contributed by atoms with Crippen LogP contribution in [-0.2, 0) is 27.8 Å². The van der Waals surface area contributed by atoms with Crippen LogP contribution in [0.25, 0.3) is 11.0 Å². The third-order valence-electron chi connectivity index (χ3n) is 5.86. The molecule has 0 atom stereocenters. The summed E-state index contributed by atoms with van der Waals surface area (Å²) in [7, 11) is -3.78. The van der Waals surface area contributed by atoms with E-state index >= 15 is 0 Å². The highest BCUT2D eigenvalue weighted by Gasteiger charge is 2.30. The van der Waals surface area contributed by atoms with Crippen LogP contribution >= 0.6 is 11.7 Å². The Kier molecular flexibility index (Phi) is 5.83. The van der Waals surface area contributed by atoms with Crippen molar-refractivity contribution >= 4 is 38.7 Å². The molecule has 0 bridgehead atoms. The minimum Gasteiger partial charge on any atom is -0.492 e. The number of aryl methyl sites for hydroxylation is 1. The Morgan fingerprint density at radius 3 is 2.94 bits per heavy atom. The Morgan fingerprint density at radius 2 is 2.09 bits per heavy atom. The average molecular weight is 473 g/mol. The van der Waals surface area contributed by atoms with Crippen molar-refractivity contribution < 1.29 is 17.9 Å². The summed E-state index contributed by atoms with van der Waals surface area (Å²) < 4.78 is 42.5. The van der Waals surface area contributed by atoms with Gasteiger partial charge in [0.15, 0.2) is 0 Å². The van der Waals surface area contributed by atoms with Crippen molar-refractivity contribution in [1.82, 2.24) is 18.4 Å². The van der Waals surface area contributed by atoms with Gasteiger partial charge in [-0.2, -0.15) is 13.1 Å². The number of nitrogens with zero attached hydrogens (tertiary/aromatic N) is 3. The summed E-state index contributed by atoms with van der Waals surface area (Å²) in [5.41, 5.74) is 2.75. The maximum atomic E-state index is 13.4. The fourth-order valence-electron chi connectivity index (χ4n) is 3.84. The Hall–Kier alpha value is -2.56. The molecule has 1 aromatic heterocycles. The quantitative estimate of drug-likeness (QED) is 0.567. The van der Waals surface area contributed by atoms with Crippen LogP contribution in [0.1, 0.15) is 30.4 Å². The van der Waals surface area contributed by atoms with E-state index in [1.54, 1.807) is 18.2 Å². The highest BCUT2D eigenvalue weighted by molar-refractivity contribution is 7.89. The molecule has 32 heavy (non-hydrogen) atoms. The van der Waals surface area contributed by atoms with Crippen LogP contribution in [0.3, 0.4) is 0 Å². The number of carbonyl (C=O) groups excluding carboxylic acids is 1. The largest absolute Gasteiger partial charge is 0.492 e. The SMILES string of the molecule is O=C(CCc1ccc2c(c1)CN(S(=O)(=O)c1cccc3nsnc13)CCO2)NCC1CC1. The Morgan fingerprint density at radius 1 is 1.22 bits per heavy atom. The van der Waals surface area contributed by atoms with Gasteiger partial charge in [-0.05, 0) is 48.9 Å². The monoisotopic (exact) mass is 472 g/mol. The molecule has 168 valence electrons. The van der Waals surface area contributed by atoms with Gasteiger partial charge in [-0.1, -0.05) is 18.2 Å². The normalized spacial score (nSPS) is 16.9. The van der Waals surface area contributed by atoms with Crippen LogP contribution in [-0.4, -0.2) is 47.1 Å². The van der Waals surface area contributed by atoms with Crippen molar-refractivity contribution in [2.24, 2.45) is 5.92 Å². The summed E-state index contributed by atoms with van der Waals surface area (Å²) in [6.45, 7) is 1.47. The predicted molar refractivity (Wildman–Crippen MR) is 121 cm³/mol. The maximum absolute atomic E-state index is 13.4. The minimum absolute atomic E-state index is 0.0530. The average Bonchev–Trinajstić information content (AvgIpc) is 3.54. The second kappa shape index (κ2) is 8.76. The molecule has 0 unspecified atom stereocenters. The Balaban J connectivity index is 1.33. The molecule has 3 aromatic rings. The van der Waals surface area contributed by atoms with Crippen LogP contribution in [0.5, 0.6) is 5.75 Å². The van der Waals surface area contributed by atoms with Crippen molar-refractivity contribution in [3.8, 4) is 5.75 Å². The van der Waals surface area contributed by atoms with Gasteiger partial charge in [0.2, 0.25) is 15.9 Å². The summed E-state index contributed by atoms with van der Waals surface area (Å²) in [6, 6.07) is 10.8. The molecule has 2 aromatic carbocycles. The molecule has 5 rings (SSSR count). The number of sulfonamides is 1. The van der Waals surface area contributed by atoms with Gasteiger partial charge in [0, 0.05) is 31.6 Å². The van der Waals surface area contributed by atoms with Crippen LogP contribution in [0.15, 0.2) is 41.3 Å². The molecule has 1 fully saturated rings. The number of hydrogen-bond donors (Lipinski definition) is 1. The van der Waals surface area contributed by atoms with Gasteiger partial charge in [0.05, 0.1) is 11.7 Å². The first-order chi connectivity index (χ1) is 15.5. The standard InChI is InChI=1S/C22H24N4O4S2/c27-21(23-13-16-4-5-16)9-7-15-6-8-19-17(12-15)14-26(10-11-30-19)32(28,29)20-3-1-2-18-22(20)25-31-24-18/h1-3,6,8,12,16H,4-5,7,9-11,13-14H2,(H,23,27). The van der Waals surface area contributed by atoms with Crippen molar-refractivity contribution in [1.29, 1.82) is 0 Å². The third-order valence-corrected chi connectivity index (χ3v) is 8.28. The summed E-state index contributed by atoms with van der Waals surface area (Å²) in [4.78, 5) is 12.2. The van der Waals surface area contributed by atoms with E-state index < -0.39 is 10.0 Å². The first kappa shape index (κ1) is 21.3. The lowest BCUT2D eigenvalue weighted by atomic mass is 10.1. The predicted octanol–water partition coefficient (Wildman–Crippen LogP) is 2.73. The van der Waals surface area contributed by atoms with Gasteiger partial charge >= 0.3 is 0 Å². The fraction of sp³-hybridized carbons (Fsp3) is 0.409. The van der Waals surface area contributed by atoms with E-state index in [4.69, 9.17) is 4.74 Å². The Bertz CT molecular complexity index is 1250. The van der Waals surface area contributed by atoms with Gasteiger partial charge in [-0.3, -0.25) is 4.79 Å². The number of amides is 1. The van der Waals surface area contributed by atoms with E-state index in [9.17, 15) is 13.2 Å². The lowest BCUT2D eigenvalue weighted by Gasteiger charge is -2.20. The molecule has 1 N–H and O–H groups in total. The van der Waals surface area contributed by atoms with E-state index in [0.29, 0.717) is 35.5 Å². The number of carbonyl (C=O) groups is 1. The lowest BCUT2D eigenvalue weighted by Crippen LogP contribution is -2.32. The van der Waals surface area contributed by atoms with E-state index in [1.807, 2.05) is 18.2 Å². The van der Waals surface area contributed by atoms with Crippen molar-refractivity contribution in [3.63, 3.8) is 0 Å². The number of hydrogen-bond acceptors (Lipinski definition) is 7. The second-order valence-corrected chi connectivity index (χ2v) is 10.7. The molecule has 0 saturated heterocycles. The van der Waals surface area contributed by atoms with Gasteiger partial charge < -0.3 is 10.1 Å². The smallest absolute Gasteiger partial charge is 0.245 e. The zero-order chi connectivity index (χ0) is 22.1. The molecule has 2 aliphatic rings. The molecular weight excluding hydrogens is 448 g/mol. The van der Waals surface area contributed by atoms with Gasteiger partial charge in [-0.15, -0.1) is 0 Å². The maximum Gasteiger partial charge on any atom is 0.245 e. The van der Waals surface area contributed by atoms with E-state index in [1.165, 1.54) is 17.1 Å². The second-order valence-electron chi connectivity index (χ2n) is 8.26. The first-order valence-electron chi connectivity index (χ1n) is 10.7. The fourth-order valence-corrected chi connectivity index (χ4v) is 5.99. The molecule has 0 spiro atoms. The zero-order valence-corrected chi connectivity index (χ0v) is 19.1. The molecular formula is C22H24N4O4S2. The van der Waals surface area contributed by atoms with Crippen molar-refractivity contribution in [3.05, 3.63) is 47.5 Å². The third kappa shape index (κ3) is 4.48. The highest BCUT2D eigenvalue weighted by atomic mass is 32.2. The van der Waals surface area contributed by atoms with Crippen molar-refractivity contribution in [2.75, 3.05) is 19.7 Å². The van der Waals surface area contributed by atoms with Gasteiger partial charge in [0.25, 0.3) is 0 Å². The van der Waals surface area contributed by atoms with Crippen LogP contribution < -0.4 is 10.1 Å². The molecule has 10 heteroatoms. The van der Waals surface area contributed by atoms with Crippen molar-refractivity contribution in [2.45, 2.75) is 37.1 Å². The molecule has 1 aliphatic heterocycles. The topological polar surface area (TPSA) is 101 Å². The molecule has 8 nitrogen and oxygen atoms in total. The Labute approximate surface area is 191 Å². The van der Waals surface area contributed by atoms with Crippen LogP contribution in [0.4, 0.5) is 0 Å². The number of rotatable bonds is 7. The molecule has 1 aliphatic carbocycles.